The van der Waals surface area contributed by atoms with Crippen LogP contribution in [0, 0.1) is 5.82 Å². The Morgan fingerprint density at radius 2 is 1.86 bits per heavy atom. The zero-order valence-corrected chi connectivity index (χ0v) is 18.9. The maximum atomic E-state index is 15.1. The van der Waals surface area contributed by atoms with E-state index < -0.39 is 46.6 Å². The molecule has 190 valence electrons. The maximum absolute atomic E-state index is 15.1. The number of carbonyl (C=O) groups is 2. The van der Waals surface area contributed by atoms with E-state index in [9.17, 15) is 27.2 Å². The summed E-state index contributed by atoms with van der Waals surface area (Å²) in [7, 11) is 0. The first kappa shape index (κ1) is 26.5. The molecular weight excluding hydrogens is 503 g/mol. The monoisotopic (exact) mass is 522 g/mol. The van der Waals surface area contributed by atoms with E-state index in [1.165, 1.54) is 6.92 Å². The van der Waals surface area contributed by atoms with E-state index in [0.717, 1.165) is 24.8 Å². The third kappa shape index (κ3) is 6.14. The number of halogens is 6. The minimum absolute atomic E-state index is 0.0368. The standard InChI is InChI=1S/C21H20ClF5N4O4/c1-20(12-9-28-11-29-10-12,19(33)30-13-4-6-34-7-5-13)31(18(32)17(22)24)16-3-2-14(8-15(16)23)35-21(25,26)27/h2-3,8-11,13,17H,4-7H2,1H3,(H,30,33)/t17-,20+/m0/s1. The van der Waals surface area contributed by atoms with Crippen LogP contribution in [0.25, 0.3) is 0 Å². The van der Waals surface area contributed by atoms with Crippen LogP contribution in [0.3, 0.4) is 0 Å². The molecule has 0 aliphatic carbocycles. The molecule has 0 saturated carbocycles. The first-order chi connectivity index (χ1) is 16.4. The van der Waals surface area contributed by atoms with Crippen LogP contribution in [0.4, 0.5) is 27.6 Å². The molecule has 14 heteroatoms. The minimum Gasteiger partial charge on any atom is -0.406 e. The van der Waals surface area contributed by atoms with Crippen molar-refractivity contribution in [1.29, 1.82) is 0 Å². The summed E-state index contributed by atoms with van der Waals surface area (Å²) in [6.45, 7) is 1.92. The van der Waals surface area contributed by atoms with Gasteiger partial charge in [-0.05, 0) is 31.9 Å². The number of nitrogens with zero attached hydrogens (tertiary/aromatic N) is 3. The average molecular weight is 523 g/mol. The Hall–Kier alpha value is -3.06. The van der Waals surface area contributed by atoms with Crippen LogP contribution in [0.15, 0.2) is 36.9 Å². The Labute approximate surface area is 201 Å². The van der Waals surface area contributed by atoms with E-state index in [-0.39, 0.29) is 11.6 Å². The van der Waals surface area contributed by atoms with Gasteiger partial charge in [0.05, 0.1) is 5.69 Å². The van der Waals surface area contributed by atoms with Gasteiger partial charge >= 0.3 is 6.36 Å². The molecule has 0 bridgehead atoms. The van der Waals surface area contributed by atoms with Gasteiger partial charge in [0, 0.05) is 43.3 Å². The van der Waals surface area contributed by atoms with Gasteiger partial charge in [0.15, 0.2) is 11.4 Å². The third-order valence-corrected chi connectivity index (χ3v) is 5.56. The molecule has 3 rings (SSSR count). The highest BCUT2D eigenvalue weighted by atomic mass is 35.5. The summed E-state index contributed by atoms with van der Waals surface area (Å²) in [6.07, 6.45) is -0.756. The normalized spacial score (nSPS) is 17.2. The highest BCUT2D eigenvalue weighted by Crippen LogP contribution is 2.38. The van der Waals surface area contributed by atoms with Crippen LogP contribution in [0.1, 0.15) is 25.3 Å². The fourth-order valence-electron chi connectivity index (χ4n) is 3.62. The second-order valence-corrected chi connectivity index (χ2v) is 8.08. The minimum atomic E-state index is -5.11. The van der Waals surface area contributed by atoms with Gasteiger partial charge in [-0.15, -0.1) is 13.2 Å². The van der Waals surface area contributed by atoms with Crippen LogP contribution in [-0.4, -0.2) is 53.0 Å². The van der Waals surface area contributed by atoms with Crippen LogP contribution < -0.4 is 15.0 Å². The van der Waals surface area contributed by atoms with Crippen LogP contribution in [0.5, 0.6) is 5.75 Å². The van der Waals surface area contributed by atoms with Gasteiger partial charge in [0.25, 0.3) is 17.4 Å². The van der Waals surface area contributed by atoms with Crippen molar-refractivity contribution < 1.29 is 41.0 Å². The summed E-state index contributed by atoms with van der Waals surface area (Å²) in [5, 5.41) is 2.73. The van der Waals surface area contributed by atoms with Crippen molar-refractivity contribution in [1.82, 2.24) is 15.3 Å². The predicted molar refractivity (Wildman–Crippen MR) is 113 cm³/mol. The molecule has 2 aromatic rings. The van der Waals surface area contributed by atoms with Gasteiger partial charge in [-0.25, -0.2) is 18.7 Å². The quantitative estimate of drug-likeness (QED) is 0.441. The number of benzene rings is 1. The number of rotatable bonds is 7. The van der Waals surface area contributed by atoms with Crippen LogP contribution in [-0.2, 0) is 19.9 Å². The molecule has 1 fully saturated rings. The third-order valence-electron chi connectivity index (χ3n) is 5.37. The first-order valence-corrected chi connectivity index (χ1v) is 10.7. The molecule has 1 aromatic carbocycles. The second-order valence-electron chi connectivity index (χ2n) is 7.69. The molecule has 0 radical (unpaired) electrons. The lowest BCUT2D eigenvalue weighted by atomic mass is 9.89. The van der Waals surface area contributed by atoms with E-state index in [0.29, 0.717) is 43.1 Å². The van der Waals surface area contributed by atoms with E-state index in [2.05, 4.69) is 20.0 Å². The van der Waals surface area contributed by atoms with Crippen molar-refractivity contribution in [2.75, 3.05) is 18.1 Å². The zero-order chi connectivity index (χ0) is 25.8. The van der Waals surface area contributed by atoms with Crippen molar-refractivity contribution in [3.63, 3.8) is 0 Å². The fourth-order valence-corrected chi connectivity index (χ4v) is 3.72. The molecule has 1 aliphatic rings. The van der Waals surface area contributed by atoms with Gasteiger partial charge in [-0.1, -0.05) is 11.6 Å². The number of carbonyl (C=O) groups excluding carboxylic acids is 2. The van der Waals surface area contributed by atoms with E-state index >= 15 is 4.39 Å². The van der Waals surface area contributed by atoms with Gasteiger partial charge in [-0.2, -0.15) is 0 Å². The van der Waals surface area contributed by atoms with E-state index in [1.54, 1.807) is 0 Å². The Kier molecular flexibility index (Phi) is 8.11. The van der Waals surface area contributed by atoms with E-state index in [1.807, 2.05) is 0 Å². The van der Waals surface area contributed by atoms with Crippen molar-refractivity contribution in [3.05, 3.63) is 48.3 Å². The Balaban J connectivity index is 2.13. The lowest BCUT2D eigenvalue weighted by Crippen LogP contribution is -2.60. The lowest BCUT2D eigenvalue weighted by molar-refractivity contribution is -0.274. The summed E-state index contributed by atoms with van der Waals surface area (Å²) in [6, 6.07) is 1.44. The maximum Gasteiger partial charge on any atom is 0.573 e. The molecule has 1 N–H and O–H groups in total. The average Bonchev–Trinajstić information content (AvgIpc) is 2.80. The highest BCUT2D eigenvalue weighted by molar-refractivity contribution is 6.32. The molecule has 35 heavy (non-hydrogen) atoms. The molecule has 1 saturated heterocycles. The van der Waals surface area contributed by atoms with Crippen molar-refractivity contribution >= 4 is 29.1 Å². The number of anilines is 1. The SMILES string of the molecule is C[C@](C(=O)NC1CCOCC1)(c1cncnc1)N(C(=O)[C@H](F)Cl)c1ccc(OC(F)(F)F)cc1F. The van der Waals surface area contributed by atoms with Crippen LogP contribution in [0.2, 0.25) is 0 Å². The van der Waals surface area contributed by atoms with Crippen molar-refractivity contribution in [2.45, 2.75) is 43.3 Å². The summed E-state index contributed by atoms with van der Waals surface area (Å²) in [5.74, 6) is -4.71. The molecule has 2 amide bonds. The fraction of sp³-hybridized carbons (Fsp3) is 0.429. The lowest BCUT2D eigenvalue weighted by Gasteiger charge is -2.41. The number of alkyl halides is 5. The summed E-state index contributed by atoms with van der Waals surface area (Å²) >= 11 is 5.40. The Morgan fingerprint density at radius 1 is 1.23 bits per heavy atom. The van der Waals surface area contributed by atoms with Crippen LogP contribution >= 0.6 is 11.6 Å². The van der Waals surface area contributed by atoms with Gasteiger partial charge in [0.2, 0.25) is 0 Å². The molecule has 2 atom stereocenters. The van der Waals surface area contributed by atoms with Crippen molar-refractivity contribution in [2.24, 2.45) is 0 Å². The summed E-state index contributed by atoms with van der Waals surface area (Å²) in [5.41, 5.74) is -5.64. The summed E-state index contributed by atoms with van der Waals surface area (Å²) in [4.78, 5) is 34.6. The largest absolute Gasteiger partial charge is 0.573 e. The first-order valence-electron chi connectivity index (χ1n) is 10.2. The molecule has 1 aliphatic heterocycles. The smallest absolute Gasteiger partial charge is 0.406 e. The second kappa shape index (κ2) is 10.7. The number of hydrogen-bond acceptors (Lipinski definition) is 6. The topological polar surface area (TPSA) is 93.6 Å². The summed E-state index contributed by atoms with van der Waals surface area (Å²) < 4.78 is 75.8. The van der Waals surface area contributed by atoms with Gasteiger partial charge in [-0.3, -0.25) is 14.5 Å². The van der Waals surface area contributed by atoms with E-state index in [4.69, 9.17) is 16.3 Å². The Morgan fingerprint density at radius 3 is 2.40 bits per heavy atom. The molecule has 1 aromatic heterocycles. The highest BCUT2D eigenvalue weighted by Gasteiger charge is 2.48. The van der Waals surface area contributed by atoms with Crippen molar-refractivity contribution in [3.8, 4) is 5.75 Å². The zero-order valence-electron chi connectivity index (χ0n) is 18.2. The molecule has 0 spiro atoms. The number of ether oxygens (including phenoxy) is 2. The number of nitrogens with one attached hydrogen (secondary N) is 1. The van der Waals surface area contributed by atoms with Gasteiger partial charge < -0.3 is 14.8 Å². The molecular formula is C21H20ClF5N4O4. The number of aromatic nitrogens is 2. The number of amides is 2. The Bertz CT molecular complexity index is 1050. The van der Waals surface area contributed by atoms with Gasteiger partial charge in [0.1, 0.15) is 12.1 Å². The molecule has 8 nitrogen and oxygen atoms in total. The number of hydrogen-bond donors (Lipinski definition) is 1. The molecule has 2 heterocycles. The predicted octanol–water partition coefficient (Wildman–Crippen LogP) is 3.59. The molecule has 0 unspecified atom stereocenters.